The molecule has 1 N–H and O–H groups in total. The van der Waals surface area contributed by atoms with Crippen LogP contribution in [-0.2, 0) is 4.74 Å². The number of furan rings is 1. The molecule has 5 heteroatoms. The summed E-state index contributed by atoms with van der Waals surface area (Å²) >= 11 is 5.49. The Bertz CT molecular complexity index is 453. The fourth-order valence-electron chi connectivity index (χ4n) is 3.66. The van der Waals surface area contributed by atoms with Crippen LogP contribution >= 0.6 is 27.7 Å². The van der Waals surface area contributed by atoms with Crippen molar-refractivity contribution >= 4 is 27.7 Å². The van der Waals surface area contributed by atoms with Crippen molar-refractivity contribution in [3.05, 3.63) is 22.6 Å². The fourth-order valence-corrected chi connectivity index (χ4v) is 5.21. The van der Waals surface area contributed by atoms with Gasteiger partial charge in [0.05, 0.1) is 11.6 Å². The van der Waals surface area contributed by atoms with Gasteiger partial charge in [0.25, 0.3) is 0 Å². The SMILES string of the molecule is CCNC(c1ccc(Br)o1)C1CCOC2(CCSCC2)C1. The maximum absolute atomic E-state index is 6.23. The summed E-state index contributed by atoms with van der Waals surface area (Å²) < 4.78 is 12.9. The van der Waals surface area contributed by atoms with Crippen molar-refractivity contribution in [2.75, 3.05) is 24.7 Å². The first kappa shape index (κ1) is 15.9. The average molecular weight is 374 g/mol. The van der Waals surface area contributed by atoms with Crippen LogP contribution in [0.25, 0.3) is 0 Å². The molecular formula is C16H24BrNO2S. The molecule has 118 valence electrons. The van der Waals surface area contributed by atoms with Gasteiger partial charge in [-0.15, -0.1) is 0 Å². The minimum Gasteiger partial charge on any atom is -0.453 e. The lowest BCUT2D eigenvalue weighted by molar-refractivity contribution is -0.108. The van der Waals surface area contributed by atoms with Gasteiger partial charge < -0.3 is 14.5 Å². The Labute approximate surface area is 139 Å². The van der Waals surface area contributed by atoms with Crippen molar-refractivity contribution in [2.24, 2.45) is 5.92 Å². The van der Waals surface area contributed by atoms with Crippen LogP contribution < -0.4 is 5.32 Å². The van der Waals surface area contributed by atoms with Gasteiger partial charge in [0, 0.05) is 6.61 Å². The summed E-state index contributed by atoms with van der Waals surface area (Å²) in [5, 5.41) is 3.63. The summed E-state index contributed by atoms with van der Waals surface area (Å²) in [6.07, 6.45) is 4.68. The number of hydrogen-bond acceptors (Lipinski definition) is 4. The molecule has 0 amide bonds. The predicted octanol–water partition coefficient (Wildman–Crippen LogP) is 4.39. The van der Waals surface area contributed by atoms with Crippen LogP contribution in [0, 0.1) is 5.92 Å². The van der Waals surface area contributed by atoms with Crippen molar-refractivity contribution in [3.63, 3.8) is 0 Å². The monoisotopic (exact) mass is 373 g/mol. The molecule has 3 nitrogen and oxygen atoms in total. The molecule has 3 rings (SSSR count). The molecule has 2 atom stereocenters. The molecule has 0 radical (unpaired) electrons. The summed E-state index contributed by atoms with van der Waals surface area (Å²) in [4.78, 5) is 0. The molecule has 2 aliphatic heterocycles. The van der Waals surface area contributed by atoms with E-state index in [-0.39, 0.29) is 5.60 Å². The molecule has 0 aromatic carbocycles. The van der Waals surface area contributed by atoms with Crippen molar-refractivity contribution in [3.8, 4) is 0 Å². The smallest absolute Gasteiger partial charge is 0.169 e. The van der Waals surface area contributed by atoms with E-state index in [2.05, 4.69) is 46.0 Å². The number of thioether (sulfide) groups is 1. The van der Waals surface area contributed by atoms with E-state index in [1.807, 2.05) is 6.07 Å². The van der Waals surface area contributed by atoms with Crippen molar-refractivity contribution < 1.29 is 9.15 Å². The minimum atomic E-state index is 0.131. The maximum Gasteiger partial charge on any atom is 0.169 e. The predicted molar refractivity (Wildman–Crippen MR) is 90.8 cm³/mol. The van der Waals surface area contributed by atoms with E-state index in [0.29, 0.717) is 12.0 Å². The van der Waals surface area contributed by atoms with Gasteiger partial charge in [0.2, 0.25) is 0 Å². The summed E-state index contributed by atoms with van der Waals surface area (Å²) in [5.41, 5.74) is 0.131. The van der Waals surface area contributed by atoms with Gasteiger partial charge in [-0.1, -0.05) is 6.92 Å². The zero-order valence-corrected chi connectivity index (χ0v) is 15.0. The molecule has 1 aromatic rings. The van der Waals surface area contributed by atoms with E-state index in [9.17, 15) is 0 Å². The molecule has 1 spiro atoms. The highest BCUT2D eigenvalue weighted by atomic mass is 79.9. The number of ether oxygens (including phenoxy) is 1. The van der Waals surface area contributed by atoms with E-state index in [4.69, 9.17) is 9.15 Å². The molecular weight excluding hydrogens is 350 g/mol. The largest absolute Gasteiger partial charge is 0.453 e. The highest BCUT2D eigenvalue weighted by molar-refractivity contribution is 9.10. The Hall–Kier alpha value is 0.0300. The van der Waals surface area contributed by atoms with E-state index in [1.165, 1.54) is 24.3 Å². The molecule has 0 saturated carbocycles. The van der Waals surface area contributed by atoms with Crippen LogP contribution in [0.5, 0.6) is 0 Å². The molecule has 2 unspecified atom stereocenters. The Morgan fingerprint density at radius 2 is 2.24 bits per heavy atom. The Morgan fingerprint density at radius 3 is 2.90 bits per heavy atom. The lowest BCUT2D eigenvalue weighted by Gasteiger charge is -2.45. The fraction of sp³-hybridized carbons (Fsp3) is 0.750. The third-order valence-electron chi connectivity index (χ3n) is 4.73. The molecule has 0 bridgehead atoms. The Balaban J connectivity index is 1.75. The molecule has 1 aromatic heterocycles. The summed E-state index contributed by atoms with van der Waals surface area (Å²) in [6.45, 7) is 4.01. The van der Waals surface area contributed by atoms with Gasteiger partial charge >= 0.3 is 0 Å². The zero-order valence-electron chi connectivity index (χ0n) is 12.6. The molecule has 21 heavy (non-hydrogen) atoms. The van der Waals surface area contributed by atoms with Crippen LogP contribution in [-0.4, -0.2) is 30.3 Å². The van der Waals surface area contributed by atoms with E-state index in [0.717, 1.165) is 36.4 Å². The van der Waals surface area contributed by atoms with Crippen LogP contribution in [0.3, 0.4) is 0 Å². The number of rotatable bonds is 4. The van der Waals surface area contributed by atoms with Gasteiger partial charge in [-0.05, 0) is 77.7 Å². The third kappa shape index (κ3) is 3.69. The minimum absolute atomic E-state index is 0.131. The second-order valence-corrected chi connectivity index (χ2v) is 8.08. The van der Waals surface area contributed by atoms with Crippen LogP contribution in [0.4, 0.5) is 0 Å². The number of halogens is 1. The van der Waals surface area contributed by atoms with Crippen molar-refractivity contribution in [2.45, 2.75) is 44.2 Å². The van der Waals surface area contributed by atoms with Gasteiger partial charge in [0.15, 0.2) is 4.67 Å². The van der Waals surface area contributed by atoms with Crippen LogP contribution in [0.2, 0.25) is 0 Å². The van der Waals surface area contributed by atoms with Crippen molar-refractivity contribution in [1.82, 2.24) is 5.32 Å². The lowest BCUT2D eigenvalue weighted by atomic mass is 9.78. The zero-order chi connectivity index (χ0) is 14.7. The second-order valence-electron chi connectivity index (χ2n) is 6.07. The Kier molecular flexibility index (Phi) is 5.36. The Morgan fingerprint density at radius 1 is 1.43 bits per heavy atom. The molecule has 2 fully saturated rings. The van der Waals surface area contributed by atoms with Gasteiger partial charge in [-0.2, -0.15) is 11.8 Å². The standard InChI is InChI=1S/C16H24BrNO2S/c1-2-18-15(13-3-4-14(17)20-13)12-5-8-19-16(11-12)6-9-21-10-7-16/h3-4,12,15,18H,2,5-11H2,1H3. The van der Waals surface area contributed by atoms with E-state index in [1.54, 1.807) is 0 Å². The highest BCUT2D eigenvalue weighted by Crippen LogP contribution is 2.43. The lowest BCUT2D eigenvalue weighted by Crippen LogP contribution is -2.45. The van der Waals surface area contributed by atoms with E-state index >= 15 is 0 Å². The summed E-state index contributed by atoms with van der Waals surface area (Å²) in [5.74, 6) is 4.13. The molecule has 0 aliphatic carbocycles. The quantitative estimate of drug-likeness (QED) is 0.848. The second kappa shape index (κ2) is 7.07. The maximum atomic E-state index is 6.23. The highest BCUT2D eigenvalue weighted by Gasteiger charge is 2.41. The molecule has 3 heterocycles. The molecule has 2 aliphatic rings. The number of hydrogen-bond donors (Lipinski definition) is 1. The topological polar surface area (TPSA) is 34.4 Å². The van der Waals surface area contributed by atoms with Gasteiger partial charge in [-0.25, -0.2) is 0 Å². The van der Waals surface area contributed by atoms with Gasteiger partial charge in [-0.3, -0.25) is 0 Å². The number of nitrogens with one attached hydrogen (secondary N) is 1. The van der Waals surface area contributed by atoms with Crippen molar-refractivity contribution in [1.29, 1.82) is 0 Å². The van der Waals surface area contributed by atoms with Crippen LogP contribution in [0.1, 0.15) is 44.4 Å². The average Bonchev–Trinajstić information content (AvgIpc) is 2.92. The van der Waals surface area contributed by atoms with Gasteiger partial charge in [0.1, 0.15) is 5.76 Å². The normalized spacial score (nSPS) is 26.9. The third-order valence-corrected chi connectivity index (χ3v) is 6.14. The first-order valence-corrected chi connectivity index (χ1v) is 9.87. The first-order chi connectivity index (χ1) is 10.2. The van der Waals surface area contributed by atoms with Crippen LogP contribution in [0.15, 0.2) is 21.2 Å². The molecule has 2 saturated heterocycles. The summed E-state index contributed by atoms with van der Waals surface area (Å²) in [6, 6.07) is 4.39. The van der Waals surface area contributed by atoms with E-state index < -0.39 is 0 Å². The summed E-state index contributed by atoms with van der Waals surface area (Å²) in [7, 11) is 0. The first-order valence-electron chi connectivity index (χ1n) is 7.93.